The third-order valence-electron chi connectivity index (χ3n) is 7.63. The molecule has 7 nitrogen and oxygen atoms in total. The molecule has 5 rings (SSSR count). The zero-order valence-electron chi connectivity index (χ0n) is 21.8. The molecule has 2 aliphatic rings. The smallest absolute Gasteiger partial charge is 0.339 e. The standard InChI is InChI=1S/C29H32N4O3S/c1-29(2,3)17-9-10-18-20(14-30)27(37-24(18)13-17)32-25(34)16-36-28(35)26-19-7-5-6-8-22(19)31-23-11-12-33(4)15-21(23)26/h5-8,17H,9-13,15-16H2,1-4H3,(H,32,34). The average molecular weight is 517 g/mol. The first-order valence-corrected chi connectivity index (χ1v) is 13.6. The van der Waals surface area contributed by atoms with Crippen LogP contribution in [0.15, 0.2) is 24.3 Å². The Hall–Kier alpha value is -3.28. The van der Waals surface area contributed by atoms with Crippen molar-refractivity contribution >= 4 is 39.1 Å². The Bertz CT molecular complexity index is 1430. The number of amides is 1. The van der Waals surface area contributed by atoms with E-state index in [1.807, 2.05) is 31.3 Å². The van der Waals surface area contributed by atoms with Crippen molar-refractivity contribution < 1.29 is 14.3 Å². The van der Waals surface area contributed by atoms with Crippen LogP contribution in [0.1, 0.15) is 64.8 Å². The fourth-order valence-corrected chi connectivity index (χ4v) is 6.75. The zero-order chi connectivity index (χ0) is 26.3. The Kier molecular flexibility index (Phi) is 6.78. The number of nitrogens with one attached hydrogen (secondary N) is 1. The van der Waals surface area contributed by atoms with Crippen molar-refractivity contribution in [2.24, 2.45) is 11.3 Å². The Morgan fingerprint density at radius 2 is 2.03 bits per heavy atom. The minimum absolute atomic E-state index is 0.192. The summed E-state index contributed by atoms with van der Waals surface area (Å²) in [5.74, 6) is -0.436. The summed E-state index contributed by atoms with van der Waals surface area (Å²) in [6.07, 6.45) is 3.55. The van der Waals surface area contributed by atoms with E-state index in [1.165, 1.54) is 16.2 Å². The van der Waals surface area contributed by atoms with Crippen LogP contribution in [0.3, 0.4) is 0 Å². The summed E-state index contributed by atoms with van der Waals surface area (Å²) in [6.45, 7) is 7.81. The van der Waals surface area contributed by atoms with Gasteiger partial charge in [-0.1, -0.05) is 39.0 Å². The fourth-order valence-electron chi connectivity index (χ4n) is 5.46. The number of carbonyl (C=O) groups excluding carboxylic acids is 2. The van der Waals surface area contributed by atoms with Gasteiger partial charge in [-0.25, -0.2) is 4.79 Å². The number of esters is 1. The average Bonchev–Trinajstić information content (AvgIpc) is 3.21. The molecule has 192 valence electrons. The van der Waals surface area contributed by atoms with Crippen molar-refractivity contribution in [3.8, 4) is 6.07 Å². The Balaban J connectivity index is 1.33. The maximum absolute atomic E-state index is 13.3. The molecule has 0 spiro atoms. The number of thiophene rings is 1. The third kappa shape index (κ3) is 4.98. The first-order valence-electron chi connectivity index (χ1n) is 12.8. The van der Waals surface area contributed by atoms with Gasteiger partial charge in [-0.15, -0.1) is 11.3 Å². The van der Waals surface area contributed by atoms with Gasteiger partial charge in [0.1, 0.15) is 11.1 Å². The van der Waals surface area contributed by atoms with E-state index in [9.17, 15) is 14.9 Å². The summed E-state index contributed by atoms with van der Waals surface area (Å²) in [5.41, 5.74) is 4.80. The first kappa shape index (κ1) is 25.4. The van der Waals surface area contributed by atoms with Crippen molar-refractivity contribution in [2.45, 2.75) is 53.0 Å². The van der Waals surface area contributed by atoms with Crippen LogP contribution < -0.4 is 5.32 Å². The molecule has 1 aliphatic heterocycles. The van der Waals surface area contributed by atoms with E-state index in [1.54, 1.807) is 0 Å². The molecule has 37 heavy (non-hydrogen) atoms. The van der Waals surface area contributed by atoms with Gasteiger partial charge in [0.05, 0.1) is 16.6 Å². The molecule has 1 atom stereocenters. The molecule has 8 heteroatoms. The highest BCUT2D eigenvalue weighted by Crippen LogP contribution is 2.44. The predicted molar refractivity (Wildman–Crippen MR) is 145 cm³/mol. The number of anilines is 1. The summed E-state index contributed by atoms with van der Waals surface area (Å²) in [7, 11) is 2.01. The number of aromatic nitrogens is 1. The third-order valence-corrected chi connectivity index (χ3v) is 8.80. The number of hydrogen-bond acceptors (Lipinski definition) is 7. The van der Waals surface area contributed by atoms with Crippen LogP contribution in [0, 0.1) is 22.7 Å². The maximum atomic E-state index is 13.3. The highest BCUT2D eigenvalue weighted by Gasteiger charge is 2.32. The van der Waals surface area contributed by atoms with Gasteiger partial charge in [0.2, 0.25) is 0 Å². The lowest BCUT2D eigenvalue weighted by atomic mass is 9.72. The van der Waals surface area contributed by atoms with Gasteiger partial charge in [0.25, 0.3) is 5.91 Å². The molecular formula is C29H32N4O3S. The minimum atomic E-state index is -0.528. The molecule has 1 amide bonds. The highest BCUT2D eigenvalue weighted by atomic mass is 32.1. The van der Waals surface area contributed by atoms with Crippen LogP contribution in [0.2, 0.25) is 0 Å². The van der Waals surface area contributed by atoms with Gasteiger partial charge in [-0.2, -0.15) is 5.26 Å². The second kappa shape index (κ2) is 9.88. The molecule has 0 radical (unpaired) electrons. The van der Waals surface area contributed by atoms with Crippen molar-refractivity contribution in [3.63, 3.8) is 0 Å². The Morgan fingerprint density at radius 3 is 2.78 bits per heavy atom. The lowest BCUT2D eigenvalue weighted by Crippen LogP contribution is -2.30. The topological polar surface area (TPSA) is 95.3 Å². The summed E-state index contributed by atoms with van der Waals surface area (Å²) in [5, 5.41) is 13.9. The molecular weight excluding hydrogens is 484 g/mol. The lowest BCUT2D eigenvalue weighted by Gasteiger charge is -2.33. The lowest BCUT2D eigenvalue weighted by molar-refractivity contribution is -0.119. The SMILES string of the molecule is CN1CCc2nc3ccccc3c(C(=O)OCC(=O)Nc3sc4c(c3C#N)CCC(C(C)(C)C)C4)c2C1. The van der Waals surface area contributed by atoms with Crippen molar-refractivity contribution in [3.05, 3.63) is 57.1 Å². The van der Waals surface area contributed by atoms with E-state index in [0.717, 1.165) is 60.0 Å². The molecule has 1 N–H and O–H groups in total. The normalized spacial score (nSPS) is 17.5. The molecule has 3 aromatic rings. The summed E-state index contributed by atoms with van der Waals surface area (Å²) in [4.78, 5) is 34.2. The van der Waals surface area contributed by atoms with Crippen molar-refractivity contribution in [2.75, 3.05) is 25.5 Å². The number of nitriles is 1. The van der Waals surface area contributed by atoms with Crippen LogP contribution in [-0.4, -0.2) is 42.0 Å². The largest absolute Gasteiger partial charge is 0.452 e. The summed E-state index contributed by atoms with van der Waals surface area (Å²) >= 11 is 1.48. The highest BCUT2D eigenvalue weighted by molar-refractivity contribution is 7.16. The number of fused-ring (bicyclic) bond motifs is 3. The number of ether oxygens (including phenoxy) is 1. The quantitative estimate of drug-likeness (QED) is 0.485. The second-order valence-electron chi connectivity index (χ2n) is 11.2. The number of carbonyl (C=O) groups is 2. The minimum Gasteiger partial charge on any atom is -0.452 e. The number of para-hydroxylation sites is 1. The van der Waals surface area contributed by atoms with E-state index in [2.05, 4.69) is 37.1 Å². The van der Waals surface area contributed by atoms with Gasteiger partial charge in [0.15, 0.2) is 6.61 Å². The predicted octanol–water partition coefficient (Wildman–Crippen LogP) is 5.10. The van der Waals surface area contributed by atoms with Crippen molar-refractivity contribution in [1.29, 1.82) is 5.26 Å². The van der Waals surface area contributed by atoms with Gasteiger partial charge in [0, 0.05) is 41.0 Å². The number of benzene rings is 1. The number of likely N-dealkylation sites (N-methyl/N-ethyl adjacent to an activating group) is 1. The monoisotopic (exact) mass is 516 g/mol. The van der Waals surface area contributed by atoms with Crippen LogP contribution in [0.4, 0.5) is 5.00 Å². The summed E-state index contributed by atoms with van der Waals surface area (Å²) < 4.78 is 5.53. The molecule has 1 aromatic carbocycles. The van der Waals surface area contributed by atoms with Crippen LogP contribution in [-0.2, 0) is 35.3 Å². The van der Waals surface area contributed by atoms with Gasteiger partial charge in [-0.05, 0) is 49.3 Å². The van der Waals surface area contributed by atoms with Crippen molar-refractivity contribution in [1.82, 2.24) is 9.88 Å². The van der Waals surface area contributed by atoms with Gasteiger partial charge in [-0.3, -0.25) is 9.78 Å². The van der Waals surface area contributed by atoms with Crippen LogP contribution >= 0.6 is 11.3 Å². The molecule has 0 bridgehead atoms. The zero-order valence-corrected chi connectivity index (χ0v) is 22.6. The molecule has 0 fully saturated rings. The van der Waals surface area contributed by atoms with E-state index in [4.69, 9.17) is 9.72 Å². The molecule has 0 saturated carbocycles. The number of hydrogen-bond donors (Lipinski definition) is 1. The van der Waals surface area contributed by atoms with Crippen LogP contribution in [0.5, 0.6) is 0 Å². The first-order chi connectivity index (χ1) is 17.7. The van der Waals surface area contributed by atoms with E-state index in [0.29, 0.717) is 28.6 Å². The summed E-state index contributed by atoms with van der Waals surface area (Å²) in [6, 6.07) is 9.82. The number of nitrogens with zero attached hydrogens (tertiary/aromatic N) is 3. The maximum Gasteiger partial charge on any atom is 0.339 e. The Labute approximate surface area is 221 Å². The molecule has 3 heterocycles. The number of rotatable bonds is 4. The van der Waals surface area contributed by atoms with Crippen LogP contribution in [0.25, 0.3) is 10.9 Å². The van der Waals surface area contributed by atoms with E-state index >= 15 is 0 Å². The van der Waals surface area contributed by atoms with Gasteiger partial charge >= 0.3 is 5.97 Å². The number of pyridine rings is 1. The van der Waals surface area contributed by atoms with Gasteiger partial charge < -0.3 is 15.0 Å². The molecule has 1 unspecified atom stereocenters. The Morgan fingerprint density at radius 1 is 1.24 bits per heavy atom. The molecule has 0 saturated heterocycles. The fraction of sp³-hybridized carbons (Fsp3) is 0.448. The molecule has 1 aliphatic carbocycles. The van der Waals surface area contributed by atoms with E-state index < -0.39 is 18.5 Å². The second-order valence-corrected chi connectivity index (χ2v) is 12.3. The molecule has 2 aromatic heterocycles. The van der Waals surface area contributed by atoms with E-state index in [-0.39, 0.29) is 5.41 Å².